The summed E-state index contributed by atoms with van der Waals surface area (Å²) in [6, 6.07) is 20.6. The molecule has 3 aromatic rings. The molecule has 1 aliphatic carbocycles. The fourth-order valence-electron chi connectivity index (χ4n) is 7.01. The molecule has 48 heavy (non-hydrogen) atoms. The lowest BCUT2D eigenvalue weighted by Gasteiger charge is -2.30. The number of benzene rings is 3. The molecule has 11 heteroatoms. The molecule has 3 aromatic carbocycles. The van der Waals surface area contributed by atoms with E-state index in [0.717, 1.165) is 63.6 Å². The Morgan fingerprint density at radius 2 is 1.54 bits per heavy atom. The van der Waals surface area contributed by atoms with Crippen LogP contribution in [0.5, 0.6) is 11.5 Å². The third-order valence-electron chi connectivity index (χ3n) is 9.27. The van der Waals surface area contributed by atoms with Crippen LogP contribution in [0.4, 0.5) is 5.69 Å². The normalized spacial score (nSPS) is 23.9. The smallest absolute Gasteiger partial charge is 0.264 e. The number of hydrazone groups is 1. The Morgan fingerprint density at radius 3 is 2.21 bits per heavy atom. The molecule has 0 radical (unpaired) electrons. The van der Waals surface area contributed by atoms with Gasteiger partial charge in [-0.2, -0.15) is 10.2 Å². The Hall–Kier alpha value is -5.32. The first-order valence-electron chi connectivity index (χ1n) is 16.5. The first-order valence-corrected chi connectivity index (χ1v) is 16.5. The Labute approximate surface area is 279 Å². The van der Waals surface area contributed by atoms with Gasteiger partial charge in [-0.3, -0.25) is 19.4 Å². The minimum atomic E-state index is -0.996. The summed E-state index contributed by atoms with van der Waals surface area (Å²) in [4.78, 5) is 42.3. The number of amides is 3. The topological polar surface area (TPSA) is 116 Å². The zero-order chi connectivity index (χ0) is 33.4. The van der Waals surface area contributed by atoms with Crippen molar-refractivity contribution in [3.8, 4) is 11.5 Å². The van der Waals surface area contributed by atoms with Crippen molar-refractivity contribution in [2.24, 2.45) is 21.4 Å². The average Bonchev–Trinajstić information content (AvgIpc) is 3.76. The van der Waals surface area contributed by atoms with Crippen LogP contribution in [0, 0.1) is 12.8 Å². The molecule has 1 saturated heterocycles. The molecule has 246 valence electrons. The van der Waals surface area contributed by atoms with E-state index < -0.39 is 23.9 Å². The molecule has 0 unspecified atom stereocenters. The number of allylic oxidation sites excluding steroid dienone is 1. The molecule has 3 heterocycles. The number of hydrogen-bond acceptors (Lipinski definition) is 9. The number of aryl methyl sites for hydroxylation is 1. The van der Waals surface area contributed by atoms with Gasteiger partial charge in [-0.25, -0.2) is 9.91 Å². The van der Waals surface area contributed by atoms with Crippen LogP contribution in [0.25, 0.3) is 6.08 Å². The molecule has 7 rings (SSSR count). The van der Waals surface area contributed by atoms with Crippen LogP contribution >= 0.6 is 0 Å². The number of imide groups is 1. The standard InChI is InChI=1S/C37H38N6O5/c1-4-47-28-17-11-24(12-18-28)21-26-7-6-8-30-32(26)39-43(34(30)25-13-19-29(20-14-25)48-5-2)31(44)22-41-35-33(38-40-41)36(45)42(37(35)46)27-15-9-23(3)10-16-27/h9-21,30,33-35H,4-8,22H2,1-3H3/b26-21-/t30-,33+,34+,35-/m1/s1. The molecular weight excluding hydrogens is 608 g/mol. The molecule has 2 fully saturated rings. The van der Waals surface area contributed by atoms with Crippen LogP contribution in [0.1, 0.15) is 55.8 Å². The lowest BCUT2D eigenvalue weighted by Crippen LogP contribution is -2.45. The second kappa shape index (κ2) is 13.1. The van der Waals surface area contributed by atoms with Gasteiger partial charge < -0.3 is 9.47 Å². The van der Waals surface area contributed by atoms with Gasteiger partial charge in [0.2, 0.25) is 0 Å². The predicted molar refractivity (Wildman–Crippen MR) is 180 cm³/mol. The van der Waals surface area contributed by atoms with Crippen molar-refractivity contribution in [3.05, 3.63) is 95.1 Å². The molecule has 3 amide bonds. The second-order valence-electron chi connectivity index (χ2n) is 12.4. The number of rotatable bonds is 9. The molecule has 11 nitrogen and oxygen atoms in total. The summed E-state index contributed by atoms with van der Waals surface area (Å²) in [5.41, 5.74) is 5.44. The molecule has 0 bridgehead atoms. The lowest BCUT2D eigenvalue weighted by molar-refractivity contribution is -0.136. The zero-order valence-electron chi connectivity index (χ0n) is 27.3. The fourth-order valence-corrected chi connectivity index (χ4v) is 7.01. The van der Waals surface area contributed by atoms with E-state index in [4.69, 9.17) is 14.6 Å². The summed E-state index contributed by atoms with van der Waals surface area (Å²) in [5.74, 6) is 0.327. The molecule has 4 atom stereocenters. The van der Waals surface area contributed by atoms with Gasteiger partial charge in [0, 0.05) is 5.92 Å². The Kier molecular flexibility index (Phi) is 8.51. The largest absolute Gasteiger partial charge is 0.494 e. The van der Waals surface area contributed by atoms with Crippen LogP contribution in [0.15, 0.2) is 93.8 Å². The van der Waals surface area contributed by atoms with Gasteiger partial charge in [-0.05, 0) is 99.2 Å². The van der Waals surface area contributed by atoms with E-state index in [2.05, 4.69) is 16.4 Å². The Balaban J connectivity index is 1.18. The van der Waals surface area contributed by atoms with E-state index in [0.29, 0.717) is 18.9 Å². The third-order valence-corrected chi connectivity index (χ3v) is 9.27. The van der Waals surface area contributed by atoms with Crippen molar-refractivity contribution < 1.29 is 23.9 Å². The number of ether oxygens (including phenoxy) is 2. The number of carbonyl (C=O) groups excluding carboxylic acids is 3. The molecule has 0 aromatic heterocycles. The zero-order valence-corrected chi connectivity index (χ0v) is 27.3. The first kappa shape index (κ1) is 31.3. The Bertz CT molecular complexity index is 1800. The number of nitrogens with zero attached hydrogens (tertiary/aromatic N) is 6. The Morgan fingerprint density at radius 1 is 0.875 bits per heavy atom. The number of carbonyl (C=O) groups is 3. The van der Waals surface area contributed by atoms with Crippen LogP contribution in [-0.4, -0.2) is 65.3 Å². The maximum Gasteiger partial charge on any atom is 0.264 e. The quantitative estimate of drug-likeness (QED) is 0.267. The molecule has 4 aliphatic rings. The molecule has 1 saturated carbocycles. The summed E-state index contributed by atoms with van der Waals surface area (Å²) < 4.78 is 11.3. The van der Waals surface area contributed by atoms with Crippen molar-refractivity contribution in [1.82, 2.24) is 10.0 Å². The lowest BCUT2D eigenvalue weighted by atomic mass is 9.77. The number of hydrogen-bond donors (Lipinski definition) is 0. The van der Waals surface area contributed by atoms with E-state index in [1.165, 1.54) is 5.01 Å². The number of fused-ring (bicyclic) bond motifs is 2. The van der Waals surface area contributed by atoms with Gasteiger partial charge in [-0.1, -0.05) is 47.2 Å². The second-order valence-corrected chi connectivity index (χ2v) is 12.4. The number of anilines is 1. The summed E-state index contributed by atoms with van der Waals surface area (Å²) in [5, 5.41) is 16.2. The maximum absolute atomic E-state index is 14.2. The van der Waals surface area contributed by atoms with Crippen LogP contribution in [0.3, 0.4) is 0 Å². The van der Waals surface area contributed by atoms with E-state index in [9.17, 15) is 14.4 Å². The SMILES string of the molecule is CCOc1ccc(/C=C2/CCC[C@@H]3C2=NN(C(=O)CN2N=N[C@@H]4C(=O)N(c5ccc(C)cc5)C(=O)[C@@H]42)[C@H]3c2ccc(OCC)cc2)cc1. The first-order chi connectivity index (χ1) is 23.4. The molecule has 3 aliphatic heterocycles. The van der Waals surface area contributed by atoms with Gasteiger partial charge in [-0.15, -0.1) is 0 Å². The third kappa shape index (κ3) is 5.74. The predicted octanol–water partition coefficient (Wildman–Crippen LogP) is 5.91. The summed E-state index contributed by atoms with van der Waals surface area (Å²) >= 11 is 0. The molecule has 0 N–H and O–H groups in total. The summed E-state index contributed by atoms with van der Waals surface area (Å²) in [6.45, 7) is 6.74. The highest BCUT2D eigenvalue weighted by atomic mass is 16.5. The van der Waals surface area contributed by atoms with E-state index in [-0.39, 0.29) is 24.4 Å². The van der Waals surface area contributed by atoms with Crippen molar-refractivity contribution in [2.75, 3.05) is 24.7 Å². The fraction of sp³-hybridized carbons (Fsp3) is 0.351. The van der Waals surface area contributed by atoms with Crippen molar-refractivity contribution >= 4 is 35.2 Å². The van der Waals surface area contributed by atoms with Gasteiger partial charge in [0.05, 0.1) is 30.7 Å². The van der Waals surface area contributed by atoms with Gasteiger partial charge >= 0.3 is 0 Å². The minimum Gasteiger partial charge on any atom is -0.494 e. The highest BCUT2D eigenvalue weighted by Crippen LogP contribution is 2.45. The van der Waals surface area contributed by atoms with Crippen molar-refractivity contribution in [2.45, 2.75) is 58.2 Å². The highest BCUT2D eigenvalue weighted by molar-refractivity contribution is 6.25. The van der Waals surface area contributed by atoms with E-state index >= 15 is 0 Å². The van der Waals surface area contributed by atoms with Gasteiger partial charge in [0.25, 0.3) is 17.7 Å². The summed E-state index contributed by atoms with van der Waals surface area (Å²) in [7, 11) is 0. The van der Waals surface area contributed by atoms with E-state index in [1.807, 2.05) is 81.4 Å². The van der Waals surface area contributed by atoms with Crippen LogP contribution in [-0.2, 0) is 14.4 Å². The minimum absolute atomic E-state index is 0.0192. The highest BCUT2D eigenvalue weighted by Gasteiger charge is 2.55. The molecular formula is C37H38N6O5. The van der Waals surface area contributed by atoms with Crippen molar-refractivity contribution in [1.29, 1.82) is 0 Å². The van der Waals surface area contributed by atoms with Gasteiger partial charge in [0.15, 0.2) is 12.1 Å². The van der Waals surface area contributed by atoms with Crippen molar-refractivity contribution in [3.63, 3.8) is 0 Å². The van der Waals surface area contributed by atoms with E-state index in [1.54, 1.807) is 17.1 Å². The maximum atomic E-state index is 14.2. The summed E-state index contributed by atoms with van der Waals surface area (Å²) in [6.07, 6.45) is 4.81. The van der Waals surface area contributed by atoms with Crippen LogP contribution < -0.4 is 14.4 Å². The van der Waals surface area contributed by atoms with Crippen LogP contribution in [0.2, 0.25) is 0 Å². The average molecular weight is 647 g/mol. The molecule has 0 spiro atoms. The van der Waals surface area contributed by atoms with Gasteiger partial charge in [0.1, 0.15) is 18.0 Å². The monoisotopic (exact) mass is 646 g/mol.